The van der Waals surface area contributed by atoms with Gasteiger partial charge in [0.1, 0.15) is 17.6 Å². The Hall–Kier alpha value is -3.87. The average molecular weight is 572 g/mol. The molecule has 3 aromatic carbocycles. The molecule has 0 spiro atoms. The summed E-state index contributed by atoms with van der Waals surface area (Å²) in [5, 5.41) is 6.35. The molecule has 1 saturated carbocycles. The molecule has 0 radical (unpaired) electrons. The Morgan fingerprint density at radius 2 is 1.79 bits per heavy atom. The topological polar surface area (TPSA) is 70.7 Å². The number of carbonyl (C=O) groups is 2. The van der Waals surface area contributed by atoms with Crippen molar-refractivity contribution < 1.29 is 18.7 Å². The zero-order valence-electron chi connectivity index (χ0n) is 24.5. The third-order valence-corrected chi connectivity index (χ3v) is 8.69. The van der Waals surface area contributed by atoms with Gasteiger partial charge in [-0.15, -0.1) is 0 Å². The Balaban J connectivity index is 1.33. The third-order valence-electron chi connectivity index (χ3n) is 8.69. The summed E-state index contributed by atoms with van der Waals surface area (Å²) >= 11 is 0. The van der Waals surface area contributed by atoms with Crippen LogP contribution in [-0.2, 0) is 17.6 Å². The predicted octanol–water partition coefficient (Wildman–Crippen LogP) is 6.08. The second-order valence-corrected chi connectivity index (χ2v) is 11.7. The molecule has 6 nitrogen and oxygen atoms in total. The lowest BCUT2D eigenvalue weighted by atomic mass is 9.85. The quantitative estimate of drug-likeness (QED) is 0.276. The summed E-state index contributed by atoms with van der Waals surface area (Å²) in [4.78, 5) is 29.5. The maximum absolute atomic E-state index is 14.0. The summed E-state index contributed by atoms with van der Waals surface area (Å²) < 4.78 is 19.2. The van der Waals surface area contributed by atoms with Gasteiger partial charge in [-0.25, -0.2) is 4.39 Å². The zero-order valence-corrected chi connectivity index (χ0v) is 24.5. The van der Waals surface area contributed by atoms with E-state index >= 15 is 0 Å². The van der Waals surface area contributed by atoms with Crippen LogP contribution >= 0.6 is 0 Å². The summed E-state index contributed by atoms with van der Waals surface area (Å²) in [6.45, 7) is 1.37. The van der Waals surface area contributed by atoms with Crippen LogP contribution < -0.4 is 20.3 Å². The van der Waals surface area contributed by atoms with Crippen molar-refractivity contribution >= 4 is 17.5 Å². The Morgan fingerprint density at radius 3 is 2.57 bits per heavy atom. The van der Waals surface area contributed by atoms with Gasteiger partial charge in [0.15, 0.2) is 0 Å². The first-order valence-corrected chi connectivity index (χ1v) is 15.3. The van der Waals surface area contributed by atoms with Crippen LogP contribution in [0.5, 0.6) is 5.75 Å². The third kappa shape index (κ3) is 7.90. The number of methoxy groups -OCH3 is 1. The summed E-state index contributed by atoms with van der Waals surface area (Å²) in [6, 6.07) is 21.2. The number of amides is 2. The van der Waals surface area contributed by atoms with Crippen molar-refractivity contribution in [2.24, 2.45) is 5.92 Å². The monoisotopic (exact) mass is 571 g/mol. The van der Waals surface area contributed by atoms with E-state index in [9.17, 15) is 14.0 Å². The van der Waals surface area contributed by atoms with Crippen molar-refractivity contribution in [1.82, 2.24) is 10.6 Å². The van der Waals surface area contributed by atoms with Crippen molar-refractivity contribution in [3.8, 4) is 5.75 Å². The molecule has 3 aromatic rings. The molecule has 222 valence electrons. The van der Waals surface area contributed by atoms with Gasteiger partial charge in [-0.05, 0) is 79.1 Å². The molecule has 1 fully saturated rings. The van der Waals surface area contributed by atoms with Crippen LogP contribution in [0.4, 0.5) is 10.1 Å². The number of hydrogen-bond donors (Lipinski definition) is 2. The standard InChI is InChI=1S/C35H42FN3O3/c1-42-31-14-8-13-28(23-31)34(40)38-32(17-15-25-9-4-2-5-10-25)35(41)37-30(21-26-11-6-3-7-12-26)24-39-20-19-27-22-29(36)16-18-33(27)39/h3,6-8,11-14,16,18,22-23,25,30,32H,2,4-5,9-10,15,17,19-21,24H2,1H3,(H,37,41)(H,38,40). The van der Waals surface area contributed by atoms with Crippen LogP contribution in [0.25, 0.3) is 0 Å². The number of anilines is 1. The van der Waals surface area contributed by atoms with Crippen molar-refractivity contribution in [3.63, 3.8) is 0 Å². The normalized spacial score (nSPS) is 16.4. The molecule has 1 heterocycles. The zero-order chi connectivity index (χ0) is 29.3. The minimum Gasteiger partial charge on any atom is -0.497 e. The number of ether oxygens (including phenoxy) is 1. The van der Waals surface area contributed by atoms with Gasteiger partial charge >= 0.3 is 0 Å². The summed E-state index contributed by atoms with van der Waals surface area (Å²) in [7, 11) is 1.57. The fourth-order valence-corrected chi connectivity index (χ4v) is 6.41. The minimum atomic E-state index is -0.649. The van der Waals surface area contributed by atoms with Crippen LogP contribution in [0.15, 0.2) is 72.8 Å². The van der Waals surface area contributed by atoms with E-state index in [1.54, 1.807) is 37.4 Å². The van der Waals surface area contributed by atoms with E-state index in [1.807, 2.05) is 24.3 Å². The first-order chi connectivity index (χ1) is 20.5. The first kappa shape index (κ1) is 29.6. The van der Waals surface area contributed by atoms with Crippen LogP contribution in [-0.4, -0.2) is 44.1 Å². The number of fused-ring (bicyclic) bond motifs is 1. The van der Waals surface area contributed by atoms with Gasteiger partial charge in [0, 0.05) is 24.3 Å². The molecule has 0 bridgehead atoms. The number of rotatable bonds is 12. The highest BCUT2D eigenvalue weighted by Gasteiger charge is 2.28. The lowest BCUT2D eigenvalue weighted by Gasteiger charge is -2.29. The lowest BCUT2D eigenvalue weighted by molar-refractivity contribution is -0.123. The van der Waals surface area contributed by atoms with E-state index in [0.717, 1.165) is 36.2 Å². The van der Waals surface area contributed by atoms with Crippen molar-refractivity contribution in [3.05, 3.63) is 95.3 Å². The van der Waals surface area contributed by atoms with Crippen molar-refractivity contribution in [2.45, 2.75) is 69.9 Å². The smallest absolute Gasteiger partial charge is 0.252 e. The minimum absolute atomic E-state index is 0.165. The Kier molecular flexibility index (Phi) is 10.1. The van der Waals surface area contributed by atoms with Crippen molar-refractivity contribution in [1.29, 1.82) is 0 Å². The molecule has 1 aliphatic carbocycles. The molecule has 5 rings (SSSR count). The fourth-order valence-electron chi connectivity index (χ4n) is 6.41. The fraction of sp³-hybridized carbons (Fsp3) is 0.429. The van der Waals surface area contributed by atoms with Crippen LogP contribution in [0.1, 0.15) is 66.4 Å². The molecule has 2 amide bonds. The second kappa shape index (κ2) is 14.3. The van der Waals surface area contributed by atoms with Crippen molar-refractivity contribution in [2.75, 3.05) is 25.1 Å². The van der Waals surface area contributed by atoms with E-state index in [-0.39, 0.29) is 23.7 Å². The summed E-state index contributed by atoms with van der Waals surface area (Å²) in [5.74, 6) is 0.510. The van der Waals surface area contributed by atoms with Gasteiger partial charge in [0.2, 0.25) is 5.91 Å². The lowest BCUT2D eigenvalue weighted by Crippen LogP contribution is -2.53. The molecular formula is C35H42FN3O3. The maximum atomic E-state index is 14.0. The van der Waals surface area contributed by atoms with E-state index in [2.05, 4.69) is 27.7 Å². The molecule has 2 unspecified atom stereocenters. The SMILES string of the molecule is COc1cccc(C(=O)NC(CCC2CCCCC2)C(=O)NC(Cc2ccccc2)CN2CCc3cc(F)ccc32)c1. The molecule has 1 aliphatic heterocycles. The van der Waals surface area contributed by atoms with E-state index in [0.29, 0.717) is 36.6 Å². The average Bonchev–Trinajstić information content (AvgIpc) is 3.41. The number of nitrogens with zero attached hydrogens (tertiary/aromatic N) is 1. The Morgan fingerprint density at radius 1 is 0.976 bits per heavy atom. The van der Waals surface area contributed by atoms with Gasteiger partial charge in [-0.3, -0.25) is 9.59 Å². The van der Waals surface area contributed by atoms with Crippen LogP contribution in [0, 0.1) is 11.7 Å². The summed E-state index contributed by atoms with van der Waals surface area (Å²) in [5.41, 5.74) is 3.60. The highest BCUT2D eigenvalue weighted by molar-refractivity contribution is 5.97. The molecule has 0 aromatic heterocycles. The highest BCUT2D eigenvalue weighted by atomic mass is 19.1. The molecule has 0 saturated heterocycles. The van der Waals surface area contributed by atoms with Gasteiger partial charge in [0.25, 0.3) is 5.91 Å². The second-order valence-electron chi connectivity index (χ2n) is 11.7. The highest BCUT2D eigenvalue weighted by Crippen LogP contribution is 2.30. The number of benzene rings is 3. The van der Waals surface area contributed by atoms with Gasteiger partial charge < -0.3 is 20.3 Å². The van der Waals surface area contributed by atoms with Gasteiger partial charge in [-0.1, -0.05) is 68.5 Å². The van der Waals surface area contributed by atoms with E-state index < -0.39 is 6.04 Å². The molecule has 7 heteroatoms. The van der Waals surface area contributed by atoms with Gasteiger partial charge in [0.05, 0.1) is 13.2 Å². The van der Waals surface area contributed by atoms with Crippen LogP contribution in [0.2, 0.25) is 0 Å². The van der Waals surface area contributed by atoms with E-state index in [1.165, 1.54) is 38.2 Å². The van der Waals surface area contributed by atoms with Gasteiger partial charge in [-0.2, -0.15) is 0 Å². The molecule has 42 heavy (non-hydrogen) atoms. The predicted molar refractivity (Wildman–Crippen MR) is 164 cm³/mol. The number of halogens is 1. The molecule has 2 atom stereocenters. The Labute approximate surface area is 248 Å². The maximum Gasteiger partial charge on any atom is 0.252 e. The summed E-state index contributed by atoms with van der Waals surface area (Å²) in [6.07, 6.45) is 9.05. The Bertz CT molecular complexity index is 1340. The largest absolute Gasteiger partial charge is 0.497 e. The number of nitrogens with one attached hydrogen (secondary N) is 2. The van der Waals surface area contributed by atoms with E-state index in [4.69, 9.17) is 4.74 Å². The first-order valence-electron chi connectivity index (χ1n) is 15.3. The number of carbonyl (C=O) groups excluding carboxylic acids is 2. The molecule has 2 aliphatic rings. The molecule has 2 N–H and O–H groups in total. The van der Waals surface area contributed by atoms with Crippen LogP contribution in [0.3, 0.4) is 0 Å². The molecular weight excluding hydrogens is 529 g/mol. The number of hydrogen-bond acceptors (Lipinski definition) is 4.